The standard InChI is InChI=1S/C23H18F3NO2S/c1-2-29-16-11-13-6-3-4-9-17(13)18(12-16)21-20(28)19(22(27)30-21)14-7-5-8-15(10-14)23(24,25)26/h3-12,28H,2,27H2,1H3. The van der Waals surface area contributed by atoms with Crippen LogP contribution in [0.25, 0.3) is 32.3 Å². The maximum atomic E-state index is 13.1. The van der Waals surface area contributed by atoms with Crippen molar-refractivity contribution in [3.05, 3.63) is 66.2 Å². The highest BCUT2D eigenvalue weighted by atomic mass is 32.1. The van der Waals surface area contributed by atoms with Crippen molar-refractivity contribution in [2.24, 2.45) is 0 Å². The minimum atomic E-state index is -4.48. The number of nitrogens with two attached hydrogens (primary N) is 1. The zero-order chi connectivity index (χ0) is 21.5. The normalized spacial score (nSPS) is 11.7. The topological polar surface area (TPSA) is 55.5 Å². The number of fused-ring (bicyclic) bond motifs is 1. The molecule has 154 valence electrons. The molecule has 0 fully saturated rings. The fourth-order valence-corrected chi connectivity index (χ4v) is 4.49. The van der Waals surface area contributed by atoms with Crippen molar-refractivity contribution in [1.82, 2.24) is 0 Å². The van der Waals surface area contributed by atoms with Crippen molar-refractivity contribution in [2.45, 2.75) is 13.1 Å². The number of ether oxygens (including phenoxy) is 1. The van der Waals surface area contributed by atoms with Gasteiger partial charge in [0.05, 0.1) is 27.6 Å². The lowest BCUT2D eigenvalue weighted by atomic mass is 9.99. The molecular formula is C23H18F3NO2S. The van der Waals surface area contributed by atoms with Crippen LogP contribution in [-0.2, 0) is 6.18 Å². The number of alkyl halides is 3. The third-order valence-corrected chi connectivity index (χ3v) is 5.82. The molecule has 0 bridgehead atoms. The minimum Gasteiger partial charge on any atom is -0.506 e. The first-order valence-corrected chi connectivity index (χ1v) is 10.1. The van der Waals surface area contributed by atoms with E-state index in [9.17, 15) is 18.3 Å². The molecular weight excluding hydrogens is 411 g/mol. The van der Waals surface area contributed by atoms with Crippen molar-refractivity contribution in [2.75, 3.05) is 12.3 Å². The first kappa shape index (κ1) is 20.1. The maximum absolute atomic E-state index is 13.1. The molecule has 0 aliphatic rings. The Labute approximate surface area is 175 Å². The van der Waals surface area contributed by atoms with Crippen LogP contribution in [0.4, 0.5) is 18.2 Å². The molecule has 0 aliphatic carbocycles. The summed E-state index contributed by atoms with van der Waals surface area (Å²) in [5, 5.41) is 13.0. The number of hydrogen-bond acceptors (Lipinski definition) is 4. The van der Waals surface area contributed by atoms with E-state index in [0.717, 1.165) is 34.2 Å². The van der Waals surface area contributed by atoms with Gasteiger partial charge in [-0.3, -0.25) is 0 Å². The lowest BCUT2D eigenvalue weighted by Gasteiger charge is -2.11. The zero-order valence-corrected chi connectivity index (χ0v) is 16.8. The van der Waals surface area contributed by atoms with Crippen LogP contribution in [0.15, 0.2) is 60.7 Å². The first-order chi connectivity index (χ1) is 14.3. The van der Waals surface area contributed by atoms with Gasteiger partial charge in [0.1, 0.15) is 11.5 Å². The quantitative estimate of drug-likeness (QED) is 0.369. The van der Waals surface area contributed by atoms with Gasteiger partial charge < -0.3 is 15.6 Å². The molecule has 3 aromatic carbocycles. The molecule has 0 aliphatic heterocycles. The second kappa shape index (κ2) is 7.57. The van der Waals surface area contributed by atoms with Gasteiger partial charge in [-0.1, -0.05) is 36.4 Å². The minimum absolute atomic E-state index is 0.143. The van der Waals surface area contributed by atoms with Crippen molar-refractivity contribution >= 4 is 27.1 Å². The number of thiophene rings is 1. The molecule has 4 aromatic rings. The summed E-state index contributed by atoms with van der Waals surface area (Å²) >= 11 is 1.13. The number of nitrogen functional groups attached to an aromatic ring is 1. The summed E-state index contributed by atoms with van der Waals surface area (Å²) < 4.78 is 45.1. The molecule has 0 atom stereocenters. The Hall–Kier alpha value is -3.19. The van der Waals surface area contributed by atoms with E-state index in [1.54, 1.807) is 0 Å². The Morgan fingerprint density at radius 3 is 2.53 bits per heavy atom. The Balaban J connectivity index is 1.92. The second-order valence-electron chi connectivity index (χ2n) is 6.72. The summed E-state index contributed by atoms with van der Waals surface area (Å²) in [7, 11) is 0. The lowest BCUT2D eigenvalue weighted by molar-refractivity contribution is -0.137. The summed E-state index contributed by atoms with van der Waals surface area (Å²) in [4.78, 5) is 0.484. The number of aromatic hydroxyl groups is 1. The van der Waals surface area contributed by atoms with Crippen LogP contribution in [0.5, 0.6) is 11.5 Å². The molecule has 0 radical (unpaired) electrons. The fraction of sp³-hybridized carbons (Fsp3) is 0.130. The molecule has 0 saturated heterocycles. The Morgan fingerprint density at radius 2 is 1.80 bits per heavy atom. The average molecular weight is 429 g/mol. The Bertz CT molecular complexity index is 1230. The van der Waals surface area contributed by atoms with E-state index in [0.29, 0.717) is 22.8 Å². The molecule has 0 amide bonds. The van der Waals surface area contributed by atoms with Crippen molar-refractivity contribution in [3.63, 3.8) is 0 Å². The predicted octanol–water partition coefficient (Wildman–Crippen LogP) is 6.94. The predicted molar refractivity (Wildman–Crippen MR) is 115 cm³/mol. The largest absolute Gasteiger partial charge is 0.506 e. The number of hydrogen-bond donors (Lipinski definition) is 2. The average Bonchev–Trinajstić information content (AvgIpc) is 3.01. The van der Waals surface area contributed by atoms with Crippen LogP contribution in [-0.4, -0.2) is 11.7 Å². The van der Waals surface area contributed by atoms with E-state index in [4.69, 9.17) is 10.5 Å². The number of halogens is 3. The zero-order valence-electron chi connectivity index (χ0n) is 16.0. The van der Waals surface area contributed by atoms with Gasteiger partial charge in [0, 0.05) is 5.56 Å². The van der Waals surface area contributed by atoms with E-state index < -0.39 is 11.7 Å². The van der Waals surface area contributed by atoms with Crippen LogP contribution < -0.4 is 10.5 Å². The van der Waals surface area contributed by atoms with Crippen LogP contribution in [0.2, 0.25) is 0 Å². The molecule has 0 spiro atoms. The number of rotatable bonds is 4. The summed E-state index contributed by atoms with van der Waals surface area (Å²) in [5.41, 5.74) is 6.49. The molecule has 1 heterocycles. The van der Waals surface area contributed by atoms with Crippen LogP contribution in [0.1, 0.15) is 12.5 Å². The third-order valence-electron chi connectivity index (χ3n) is 4.78. The van der Waals surface area contributed by atoms with Gasteiger partial charge in [0.15, 0.2) is 0 Å². The molecule has 30 heavy (non-hydrogen) atoms. The highest BCUT2D eigenvalue weighted by Gasteiger charge is 2.31. The molecule has 0 saturated carbocycles. The summed E-state index contributed by atoms with van der Waals surface area (Å²) in [6, 6.07) is 16.1. The smallest absolute Gasteiger partial charge is 0.416 e. The SMILES string of the molecule is CCOc1cc(-c2sc(N)c(-c3cccc(C(F)(F)F)c3)c2O)c2ccccc2c1. The summed E-state index contributed by atoms with van der Waals surface area (Å²) in [6.07, 6.45) is -4.48. The molecule has 1 aromatic heterocycles. The van der Waals surface area contributed by atoms with Gasteiger partial charge in [-0.2, -0.15) is 13.2 Å². The van der Waals surface area contributed by atoms with Crippen molar-refractivity contribution < 1.29 is 23.0 Å². The first-order valence-electron chi connectivity index (χ1n) is 9.24. The number of benzene rings is 3. The van der Waals surface area contributed by atoms with Gasteiger partial charge in [0.25, 0.3) is 0 Å². The lowest BCUT2D eigenvalue weighted by Crippen LogP contribution is -2.04. The Kier molecular flexibility index (Phi) is 5.07. The maximum Gasteiger partial charge on any atom is 0.416 e. The molecule has 0 unspecified atom stereocenters. The van der Waals surface area contributed by atoms with Gasteiger partial charge in [-0.25, -0.2) is 0 Å². The van der Waals surface area contributed by atoms with Gasteiger partial charge in [-0.15, -0.1) is 11.3 Å². The van der Waals surface area contributed by atoms with E-state index in [2.05, 4.69) is 0 Å². The van der Waals surface area contributed by atoms with Gasteiger partial charge >= 0.3 is 6.18 Å². The van der Waals surface area contributed by atoms with Gasteiger partial charge in [-0.05, 0) is 47.5 Å². The van der Waals surface area contributed by atoms with E-state index >= 15 is 0 Å². The molecule has 3 N–H and O–H groups in total. The fourth-order valence-electron chi connectivity index (χ4n) is 3.47. The monoisotopic (exact) mass is 429 g/mol. The van der Waals surface area contributed by atoms with Crippen molar-refractivity contribution in [1.29, 1.82) is 0 Å². The van der Waals surface area contributed by atoms with E-state index in [1.807, 2.05) is 43.3 Å². The molecule has 7 heteroatoms. The summed E-state index contributed by atoms with van der Waals surface area (Å²) in [6.45, 7) is 2.35. The molecule has 4 rings (SSSR count). The van der Waals surface area contributed by atoms with Crippen LogP contribution >= 0.6 is 11.3 Å². The van der Waals surface area contributed by atoms with Crippen molar-refractivity contribution in [3.8, 4) is 33.1 Å². The van der Waals surface area contributed by atoms with E-state index in [-0.39, 0.29) is 21.9 Å². The highest BCUT2D eigenvalue weighted by molar-refractivity contribution is 7.20. The Morgan fingerprint density at radius 1 is 1.03 bits per heavy atom. The van der Waals surface area contributed by atoms with E-state index in [1.165, 1.54) is 12.1 Å². The van der Waals surface area contributed by atoms with Crippen LogP contribution in [0, 0.1) is 0 Å². The van der Waals surface area contributed by atoms with Gasteiger partial charge in [0.2, 0.25) is 0 Å². The van der Waals surface area contributed by atoms with Crippen LogP contribution in [0.3, 0.4) is 0 Å². The second-order valence-corrected chi connectivity index (χ2v) is 7.77. The highest BCUT2D eigenvalue weighted by Crippen LogP contribution is 2.51. The summed E-state index contributed by atoms with van der Waals surface area (Å²) in [5.74, 6) is 0.494. The molecule has 3 nitrogen and oxygen atoms in total. The number of anilines is 1. The third kappa shape index (κ3) is 3.57.